The number of pyridine rings is 1. The number of ether oxygens (including phenoxy) is 2. The first-order chi connectivity index (χ1) is 11.4. The van der Waals surface area contributed by atoms with Crippen LogP contribution in [0.2, 0.25) is 5.02 Å². The first-order valence-electron chi connectivity index (χ1n) is 7.18. The second-order valence-electron chi connectivity index (χ2n) is 5.39. The number of methoxy groups -OCH3 is 1. The topological polar surface area (TPSA) is 94.4 Å². The van der Waals surface area contributed by atoms with Crippen molar-refractivity contribution < 1.29 is 14.3 Å². The van der Waals surface area contributed by atoms with Gasteiger partial charge in [0.25, 0.3) is 5.56 Å². The van der Waals surface area contributed by atoms with Crippen LogP contribution in [-0.4, -0.2) is 18.1 Å². The minimum Gasteiger partial charge on any atom is -0.465 e. The zero-order chi connectivity index (χ0) is 17.4. The van der Waals surface area contributed by atoms with Crippen molar-refractivity contribution in [3.05, 3.63) is 74.0 Å². The fourth-order valence-electron chi connectivity index (χ4n) is 2.84. The molecule has 0 saturated heterocycles. The number of fused-ring (bicyclic) bond motifs is 1. The number of nitrogens with two attached hydrogens (primary N) is 1. The number of rotatable bonds is 2. The molecule has 0 amide bonds. The van der Waals surface area contributed by atoms with Gasteiger partial charge in [0.15, 0.2) is 0 Å². The first-order valence-corrected chi connectivity index (χ1v) is 7.56. The van der Waals surface area contributed by atoms with Gasteiger partial charge in [-0.05, 0) is 18.6 Å². The van der Waals surface area contributed by atoms with E-state index in [9.17, 15) is 9.59 Å². The molecule has 6 nitrogen and oxygen atoms in total. The van der Waals surface area contributed by atoms with Gasteiger partial charge in [-0.25, -0.2) is 4.79 Å². The summed E-state index contributed by atoms with van der Waals surface area (Å²) >= 11 is 6.30. The molecular formula is C17H15ClN2O4. The lowest BCUT2D eigenvalue weighted by atomic mass is 9.83. The normalized spacial score (nSPS) is 16.4. The number of esters is 1. The van der Waals surface area contributed by atoms with Gasteiger partial charge >= 0.3 is 5.97 Å². The number of carbonyl (C=O) groups is 1. The number of carbonyl (C=O) groups excluding carboxylic acids is 1. The maximum absolute atomic E-state index is 12.5. The predicted molar refractivity (Wildman–Crippen MR) is 89.0 cm³/mol. The summed E-state index contributed by atoms with van der Waals surface area (Å²) < 4.78 is 10.3. The second-order valence-corrected chi connectivity index (χ2v) is 5.79. The second kappa shape index (κ2) is 6.05. The summed E-state index contributed by atoms with van der Waals surface area (Å²) in [6, 6.07) is 8.60. The lowest BCUT2D eigenvalue weighted by Gasteiger charge is -2.28. The Balaban J connectivity index is 2.35. The standard InChI is InChI=1S/C17H15ClN2O4/c1-8-7-11-13(16(21)20-8)12(9-5-3-4-6-10(9)18)14(15(19)24-11)17(22)23-2/h3-7,12H,19H2,1-2H3,(H,20,21)/t12-/m1/s1. The van der Waals surface area contributed by atoms with Crippen molar-refractivity contribution in [2.24, 2.45) is 5.73 Å². The third-order valence-corrected chi connectivity index (χ3v) is 4.20. The van der Waals surface area contributed by atoms with Crippen LogP contribution in [0, 0.1) is 6.92 Å². The van der Waals surface area contributed by atoms with Crippen LogP contribution in [0.5, 0.6) is 5.75 Å². The van der Waals surface area contributed by atoms with E-state index in [0.29, 0.717) is 22.0 Å². The number of aromatic amines is 1. The molecule has 1 aromatic carbocycles. The van der Waals surface area contributed by atoms with E-state index in [-0.39, 0.29) is 22.6 Å². The average Bonchev–Trinajstić information content (AvgIpc) is 2.53. The molecular weight excluding hydrogens is 332 g/mol. The lowest BCUT2D eigenvalue weighted by Crippen LogP contribution is -2.31. The third-order valence-electron chi connectivity index (χ3n) is 3.85. The number of halogens is 1. The number of aryl methyl sites for hydroxylation is 1. The minimum atomic E-state index is -0.778. The van der Waals surface area contributed by atoms with Gasteiger partial charge in [-0.1, -0.05) is 29.8 Å². The van der Waals surface area contributed by atoms with Crippen LogP contribution in [0.1, 0.15) is 22.7 Å². The molecule has 0 aliphatic carbocycles. The lowest BCUT2D eigenvalue weighted by molar-refractivity contribution is -0.136. The van der Waals surface area contributed by atoms with Gasteiger partial charge in [-0.3, -0.25) is 4.79 Å². The monoisotopic (exact) mass is 346 g/mol. The molecule has 2 aromatic rings. The summed E-state index contributed by atoms with van der Waals surface area (Å²) in [5.41, 5.74) is 7.08. The number of hydrogen-bond acceptors (Lipinski definition) is 5. The van der Waals surface area contributed by atoms with Crippen molar-refractivity contribution in [3.8, 4) is 5.75 Å². The highest BCUT2D eigenvalue weighted by Gasteiger charge is 2.38. The Morgan fingerprint density at radius 2 is 2.08 bits per heavy atom. The Hall–Kier alpha value is -2.73. The van der Waals surface area contributed by atoms with Gasteiger partial charge in [0.05, 0.1) is 18.6 Å². The number of hydrogen-bond donors (Lipinski definition) is 2. The number of nitrogens with one attached hydrogen (secondary N) is 1. The van der Waals surface area contributed by atoms with Gasteiger partial charge in [0.2, 0.25) is 5.88 Å². The van der Waals surface area contributed by atoms with Crippen molar-refractivity contribution in [2.45, 2.75) is 12.8 Å². The Morgan fingerprint density at radius 1 is 1.38 bits per heavy atom. The third kappa shape index (κ3) is 2.55. The molecule has 0 bridgehead atoms. The molecule has 0 spiro atoms. The molecule has 0 saturated carbocycles. The van der Waals surface area contributed by atoms with Gasteiger partial charge in [0, 0.05) is 16.8 Å². The largest absolute Gasteiger partial charge is 0.465 e. The molecule has 24 heavy (non-hydrogen) atoms. The highest BCUT2D eigenvalue weighted by molar-refractivity contribution is 6.31. The zero-order valence-electron chi connectivity index (χ0n) is 13.1. The molecule has 7 heteroatoms. The molecule has 0 radical (unpaired) electrons. The van der Waals surface area contributed by atoms with Crippen LogP contribution in [0.4, 0.5) is 0 Å². The number of benzene rings is 1. The Kier molecular flexibility index (Phi) is 4.07. The van der Waals surface area contributed by atoms with E-state index < -0.39 is 11.9 Å². The highest BCUT2D eigenvalue weighted by atomic mass is 35.5. The van der Waals surface area contributed by atoms with Crippen molar-refractivity contribution in [1.29, 1.82) is 0 Å². The summed E-state index contributed by atoms with van der Waals surface area (Å²) in [5.74, 6) is -1.27. The SMILES string of the molecule is COC(=O)C1=C(N)Oc2cc(C)[nH]c(=O)c2[C@H]1c1ccccc1Cl. The molecule has 1 atom stereocenters. The van der Waals surface area contributed by atoms with Gasteiger partial charge in [-0.2, -0.15) is 0 Å². The fourth-order valence-corrected chi connectivity index (χ4v) is 3.08. The maximum Gasteiger partial charge on any atom is 0.340 e. The summed E-state index contributed by atoms with van der Waals surface area (Å²) in [6.45, 7) is 1.73. The van der Waals surface area contributed by atoms with E-state index in [1.807, 2.05) is 0 Å². The van der Waals surface area contributed by atoms with Crippen LogP contribution >= 0.6 is 11.6 Å². The molecule has 3 rings (SSSR count). The van der Waals surface area contributed by atoms with Gasteiger partial charge < -0.3 is 20.2 Å². The van der Waals surface area contributed by atoms with Crippen molar-refractivity contribution in [3.63, 3.8) is 0 Å². The van der Waals surface area contributed by atoms with Gasteiger partial charge in [0.1, 0.15) is 11.3 Å². The molecule has 2 heterocycles. The Labute approximate surface area is 142 Å². The van der Waals surface area contributed by atoms with Crippen LogP contribution in [0.15, 0.2) is 46.6 Å². The summed E-state index contributed by atoms with van der Waals surface area (Å²) in [7, 11) is 1.24. The van der Waals surface area contributed by atoms with Crippen LogP contribution in [0.25, 0.3) is 0 Å². The van der Waals surface area contributed by atoms with Crippen LogP contribution in [0.3, 0.4) is 0 Å². The number of H-pyrrole nitrogens is 1. The zero-order valence-corrected chi connectivity index (χ0v) is 13.8. The minimum absolute atomic E-state index is 0.0486. The Morgan fingerprint density at radius 3 is 2.75 bits per heavy atom. The van der Waals surface area contributed by atoms with Crippen molar-refractivity contribution in [1.82, 2.24) is 4.98 Å². The molecule has 1 aromatic heterocycles. The van der Waals surface area contributed by atoms with E-state index in [2.05, 4.69) is 4.98 Å². The molecule has 0 unspecified atom stereocenters. The van der Waals surface area contributed by atoms with E-state index in [4.69, 9.17) is 26.8 Å². The maximum atomic E-state index is 12.5. The summed E-state index contributed by atoms with van der Waals surface area (Å²) in [5, 5.41) is 0.407. The molecule has 1 aliphatic rings. The van der Waals surface area contributed by atoms with E-state index >= 15 is 0 Å². The molecule has 1 aliphatic heterocycles. The predicted octanol–water partition coefficient (Wildman–Crippen LogP) is 2.20. The molecule has 3 N–H and O–H groups in total. The highest BCUT2D eigenvalue weighted by Crippen LogP contribution is 2.42. The first kappa shape index (κ1) is 16.1. The number of aromatic nitrogens is 1. The smallest absolute Gasteiger partial charge is 0.340 e. The van der Waals surface area contributed by atoms with E-state index in [1.165, 1.54) is 7.11 Å². The fraction of sp³-hybridized carbons (Fsp3) is 0.176. The van der Waals surface area contributed by atoms with Crippen LogP contribution in [-0.2, 0) is 9.53 Å². The molecule has 0 fully saturated rings. The van der Waals surface area contributed by atoms with Crippen molar-refractivity contribution in [2.75, 3.05) is 7.11 Å². The summed E-state index contributed by atoms with van der Waals surface area (Å²) in [4.78, 5) is 27.5. The average molecular weight is 347 g/mol. The van der Waals surface area contributed by atoms with Crippen LogP contribution < -0.4 is 16.0 Å². The Bertz CT molecular complexity index is 917. The van der Waals surface area contributed by atoms with E-state index in [1.54, 1.807) is 37.3 Å². The van der Waals surface area contributed by atoms with E-state index in [0.717, 1.165) is 0 Å². The molecule has 124 valence electrons. The van der Waals surface area contributed by atoms with Crippen molar-refractivity contribution >= 4 is 17.6 Å². The summed E-state index contributed by atoms with van der Waals surface area (Å²) in [6.07, 6.45) is 0. The van der Waals surface area contributed by atoms with Gasteiger partial charge in [-0.15, -0.1) is 0 Å². The quantitative estimate of drug-likeness (QED) is 0.813.